The predicted octanol–water partition coefficient (Wildman–Crippen LogP) is 4.33. The lowest BCUT2D eigenvalue weighted by atomic mass is 10.1. The van der Waals surface area contributed by atoms with Gasteiger partial charge in [-0.05, 0) is 18.1 Å². The average molecular weight is 348 g/mol. The van der Waals surface area contributed by atoms with E-state index in [0.29, 0.717) is 22.1 Å². The van der Waals surface area contributed by atoms with E-state index in [1.54, 1.807) is 0 Å². The van der Waals surface area contributed by atoms with Gasteiger partial charge in [0.15, 0.2) is 5.69 Å². The Bertz CT molecular complexity index is 697. The van der Waals surface area contributed by atoms with Gasteiger partial charge in [0.05, 0.1) is 32.1 Å². The molecule has 1 heterocycles. The van der Waals surface area contributed by atoms with Crippen molar-refractivity contribution in [1.82, 2.24) is 10.2 Å². The number of halogens is 3. The number of nitrogens with zero attached hydrogens (tertiary/aromatic N) is 1. The molecule has 4 N–H and O–H groups in total. The molecule has 1 amide bonds. The fourth-order valence-corrected chi connectivity index (χ4v) is 2.37. The number of aromatic nitrogens is 2. The quantitative estimate of drug-likeness (QED) is 0.723. The number of carbonyl (C=O) groups is 1. The monoisotopic (exact) mass is 346 g/mol. The first kappa shape index (κ1) is 15.9. The Morgan fingerprint density at radius 1 is 1.24 bits per heavy atom. The van der Waals surface area contributed by atoms with Gasteiger partial charge >= 0.3 is 0 Å². The minimum absolute atomic E-state index is 0.112. The summed E-state index contributed by atoms with van der Waals surface area (Å²) in [6.07, 6.45) is 0. The number of anilines is 2. The van der Waals surface area contributed by atoms with Crippen molar-refractivity contribution in [1.29, 1.82) is 0 Å². The minimum Gasteiger partial charge on any atom is -0.395 e. The van der Waals surface area contributed by atoms with Gasteiger partial charge in [-0.3, -0.25) is 9.89 Å². The summed E-state index contributed by atoms with van der Waals surface area (Å²) in [6.45, 7) is 3.89. The number of hydrogen-bond acceptors (Lipinski definition) is 3. The highest BCUT2D eigenvalue weighted by Gasteiger charge is 2.20. The first-order valence-electron chi connectivity index (χ1n) is 6.11. The Hall–Kier alpha value is -1.43. The van der Waals surface area contributed by atoms with Crippen LogP contribution in [0.3, 0.4) is 0 Å². The zero-order valence-electron chi connectivity index (χ0n) is 11.3. The number of nitrogens with one attached hydrogen (secondary N) is 2. The molecule has 0 atom stereocenters. The van der Waals surface area contributed by atoms with Crippen LogP contribution in [0.4, 0.5) is 11.4 Å². The van der Waals surface area contributed by atoms with E-state index >= 15 is 0 Å². The van der Waals surface area contributed by atoms with Gasteiger partial charge in [0.25, 0.3) is 5.91 Å². The van der Waals surface area contributed by atoms with Gasteiger partial charge in [0.1, 0.15) is 0 Å². The molecule has 112 valence electrons. The third-order valence-corrected chi connectivity index (χ3v) is 3.92. The Morgan fingerprint density at radius 3 is 2.43 bits per heavy atom. The molecule has 0 unspecified atom stereocenters. The van der Waals surface area contributed by atoms with Gasteiger partial charge in [0.2, 0.25) is 0 Å². The van der Waals surface area contributed by atoms with Gasteiger partial charge in [-0.25, -0.2) is 0 Å². The first-order chi connectivity index (χ1) is 9.81. The summed E-state index contributed by atoms with van der Waals surface area (Å²) in [6, 6.07) is 2.92. The number of aromatic amines is 1. The van der Waals surface area contributed by atoms with E-state index in [1.807, 2.05) is 13.8 Å². The van der Waals surface area contributed by atoms with Crippen molar-refractivity contribution in [3.8, 4) is 0 Å². The summed E-state index contributed by atoms with van der Waals surface area (Å²) in [5.41, 5.74) is 7.39. The summed E-state index contributed by atoms with van der Waals surface area (Å²) in [5, 5.41) is 10.2. The lowest BCUT2D eigenvalue weighted by Gasteiger charge is -2.08. The lowest BCUT2D eigenvalue weighted by Crippen LogP contribution is -2.14. The van der Waals surface area contributed by atoms with Crippen LogP contribution in [0.25, 0.3) is 0 Å². The Kier molecular flexibility index (Phi) is 4.66. The molecule has 0 spiro atoms. The lowest BCUT2D eigenvalue weighted by molar-refractivity contribution is 0.102. The zero-order valence-corrected chi connectivity index (χ0v) is 13.6. The maximum Gasteiger partial charge on any atom is 0.278 e. The molecule has 2 rings (SSSR count). The summed E-state index contributed by atoms with van der Waals surface area (Å²) in [5.74, 6) is -0.344. The summed E-state index contributed by atoms with van der Waals surface area (Å²) in [4.78, 5) is 12.2. The van der Waals surface area contributed by atoms with Gasteiger partial charge in [0, 0.05) is 0 Å². The van der Waals surface area contributed by atoms with Crippen LogP contribution in [-0.2, 0) is 0 Å². The maximum atomic E-state index is 12.2. The van der Waals surface area contributed by atoms with Crippen LogP contribution in [0, 0.1) is 0 Å². The van der Waals surface area contributed by atoms with Crippen LogP contribution < -0.4 is 11.1 Å². The number of amides is 1. The molecule has 0 aliphatic carbocycles. The van der Waals surface area contributed by atoms with Crippen molar-refractivity contribution in [3.63, 3.8) is 0 Å². The second kappa shape index (κ2) is 6.13. The van der Waals surface area contributed by atoms with E-state index in [4.69, 9.17) is 40.5 Å². The highest BCUT2D eigenvalue weighted by molar-refractivity contribution is 6.44. The summed E-state index contributed by atoms with van der Waals surface area (Å²) >= 11 is 17.8. The molecule has 0 radical (unpaired) electrons. The summed E-state index contributed by atoms with van der Waals surface area (Å²) < 4.78 is 0. The van der Waals surface area contributed by atoms with Crippen molar-refractivity contribution in [2.45, 2.75) is 19.8 Å². The number of nitrogen functional groups attached to an aromatic ring is 1. The van der Waals surface area contributed by atoms with Crippen molar-refractivity contribution >= 4 is 52.1 Å². The molecule has 0 aliphatic heterocycles. The minimum atomic E-state index is -0.476. The van der Waals surface area contributed by atoms with Gasteiger partial charge in [-0.15, -0.1) is 0 Å². The Balaban J connectivity index is 2.29. The number of hydrogen-bond donors (Lipinski definition) is 3. The first-order valence-corrected chi connectivity index (χ1v) is 7.24. The standard InChI is InChI=1S/C13H13Cl3N4O/c1-5(2)11-10(17)12(20-19-11)13(21)18-9-4-7(15)6(14)3-8(9)16/h3-5H,17H2,1-2H3,(H,18,21)(H,19,20). The Morgan fingerprint density at radius 2 is 1.86 bits per heavy atom. The zero-order chi connectivity index (χ0) is 15.7. The summed E-state index contributed by atoms with van der Waals surface area (Å²) in [7, 11) is 0. The smallest absolute Gasteiger partial charge is 0.278 e. The number of nitrogens with two attached hydrogens (primary N) is 1. The Labute approximate surface area is 136 Å². The fraction of sp³-hybridized carbons (Fsp3) is 0.231. The molecule has 0 saturated heterocycles. The van der Waals surface area contributed by atoms with Crippen LogP contribution >= 0.6 is 34.8 Å². The molecule has 0 aliphatic rings. The van der Waals surface area contributed by atoms with E-state index < -0.39 is 5.91 Å². The second-order valence-electron chi connectivity index (χ2n) is 4.75. The fourth-order valence-electron chi connectivity index (χ4n) is 1.78. The van der Waals surface area contributed by atoms with E-state index in [0.717, 1.165) is 0 Å². The highest BCUT2D eigenvalue weighted by atomic mass is 35.5. The average Bonchev–Trinajstić information content (AvgIpc) is 2.78. The highest BCUT2D eigenvalue weighted by Crippen LogP contribution is 2.32. The molecule has 0 fully saturated rings. The largest absolute Gasteiger partial charge is 0.395 e. The van der Waals surface area contributed by atoms with Crippen LogP contribution in [0.5, 0.6) is 0 Å². The van der Waals surface area contributed by atoms with E-state index in [9.17, 15) is 4.79 Å². The molecular formula is C13H13Cl3N4O. The molecule has 21 heavy (non-hydrogen) atoms. The third-order valence-electron chi connectivity index (χ3n) is 2.88. The number of carbonyl (C=O) groups excluding carboxylic acids is 1. The molecule has 5 nitrogen and oxygen atoms in total. The van der Waals surface area contributed by atoms with Gasteiger partial charge < -0.3 is 11.1 Å². The number of benzene rings is 1. The van der Waals surface area contributed by atoms with Crippen molar-refractivity contribution in [2.75, 3.05) is 11.1 Å². The molecule has 1 aromatic heterocycles. The van der Waals surface area contributed by atoms with E-state index in [-0.39, 0.29) is 21.7 Å². The molecule has 8 heteroatoms. The second-order valence-corrected chi connectivity index (χ2v) is 5.98. The van der Waals surface area contributed by atoms with Crippen LogP contribution in [-0.4, -0.2) is 16.1 Å². The van der Waals surface area contributed by atoms with Crippen LogP contribution in [0.2, 0.25) is 15.1 Å². The van der Waals surface area contributed by atoms with E-state index in [2.05, 4.69) is 15.5 Å². The SMILES string of the molecule is CC(C)c1[nH]nc(C(=O)Nc2cc(Cl)c(Cl)cc2Cl)c1N. The normalized spacial score (nSPS) is 11.0. The van der Waals surface area contributed by atoms with E-state index in [1.165, 1.54) is 12.1 Å². The third kappa shape index (κ3) is 3.26. The van der Waals surface area contributed by atoms with Crippen LogP contribution in [0.1, 0.15) is 35.9 Å². The molecule has 1 aromatic carbocycles. The van der Waals surface area contributed by atoms with Gasteiger partial charge in [-0.1, -0.05) is 48.7 Å². The van der Waals surface area contributed by atoms with Crippen molar-refractivity contribution in [2.24, 2.45) is 0 Å². The van der Waals surface area contributed by atoms with Crippen molar-refractivity contribution in [3.05, 3.63) is 38.6 Å². The van der Waals surface area contributed by atoms with Crippen molar-refractivity contribution < 1.29 is 4.79 Å². The number of rotatable bonds is 3. The molecule has 0 saturated carbocycles. The topological polar surface area (TPSA) is 83.8 Å². The number of H-pyrrole nitrogens is 1. The molecular weight excluding hydrogens is 335 g/mol. The molecule has 2 aromatic rings. The predicted molar refractivity (Wildman–Crippen MR) is 86.5 cm³/mol. The maximum absolute atomic E-state index is 12.2. The van der Waals surface area contributed by atoms with Gasteiger partial charge in [-0.2, -0.15) is 5.10 Å². The molecule has 0 bridgehead atoms. The van der Waals surface area contributed by atoms with Crippen LogP contribution in [0.15, 0.2) is 12.1 Å².